The van der Waals surface area contributed by atoms with E-state index < -0.39 is 0 Å². The third-order valence-electron chi connectivity index (χ3n) is 4.24. The summed E-state index contributed by atoms with van der Waals surface area (Å²) in [4.78, 5) is 16.5. The second-order valence-electron chi connectivity index (χ2n) is 5.90. The number of carbonyl (C=O) groups excluding carboxylic acids is 1. The summed E-state index contributed by atoms with van der Waals surface area (Å²) in [5.41, 5.74) is 4.31. The van der Waals surface area contributed by atoms with Crippen LogP contribution in [0, 0.1) is 0 Å². The molecule has 3 aromatic carbocycles. The van der Waals surface area contributed by atoms with E-state index in [0.29, 0.717) is 11.1 Å². The maximum Gasteiger partial charge on any atom is 0.195 e. The number of hydrogen-bond acceptors (Lipinski definition) is 1. The van der Waals surface area contributed by atoms with Gasteiger partial charge >= 0.3 is 0 Å². The van der Waals surface area contributed by atoms with Crippen LogP contribution >= 0.6 is 0 Å². The molecule has 0 saturated heterocycles. The summed E-state index contributed by atoms with van der Waals surface area (Å²) in [6.45, 7) is 0. The van der Waals surface area contributed by atoms with E-state index in [1.807, 2.05) is 97.1 Å². The molecule has 0 aliphatic carbocycles. The highest BCUT2D eigenvalue weighted by atomic mass is 16.1. The summed E-state index contributed by atoms with van der Waals surface area (Å²) in [5.74, 6) is 0.0331. The Morgan fingerprint density at radius 2 is 1.36 bits per heavy atom. The molecule has 1 aromatic heterocycles. The minimum Gasteiger partial charge on any atom is -0.354 e. The fraction of sp³-hybridized carbons (Fsp3) is 0. The molecule has 0 amide bonds. The van der Waals surface area contributed by atoms with E-state index in [4.69, 9.17) is 0 Å². The highest BCUT2D eigenvalue weighted by molar-refractivity contribution is 6.18. The van der Waals surface area contributed by atoms with Gasteiger partial charge in [0.2, 0.25) is 0 Å². The van der Waals surface area contributed by atoms with Gasteiger partial charge in [-0.15, -0.1) is 0 Å². The van der Waals surface area contributed by atoms with Crippen molar-refractivity contribution in [2.24, 2.45) is 0 Å². The van der Waals surface area contributed by atoms with Crippen molar-refractivity contribution in [1.82, 2.24) is 4.98 Å². The van der Waals surface area contributed by atoms with E-state index in [-0.39, 0.29) is 5.78 Å². The predicted molar refractivity (Wildman–Crippen MR) is 104 cm³/mol. The van der Waals surface area contributed by atoms with Crippen molar-refractivity contribution in [1.29, 1.82) is 0 Å². The van der Waals surface area contributed by atoms with E-state index in [2.05, 4.69) is 4.98 Å². The Morgan fingerprint density at radius 1 is 0.720 bits per heavy atom. The molecule has 0 fully saturated rings. The standard InChI is InChI=1S/C23H17NO/c25-23(18-11-5-2-6-12-18)22-19-13-7-8-14-20(19)24-21(22)16-15-17-9-3-1-4-10-17/h1-16,24H/b16-15+. The van der Waals surface area contributed by atoms with Crippen LogP contribution in [0.4, 0.5) is 0 Å². The molecular formula is C23H17NO. The molecule has 4 aromatic rings. The van der Waals surface area contributed by atoms with Gasteiger partial charge in [-0.25, -0.2) is 0 Å². The van der Waals surface area contributed by atoms with Gasteiger partial charge < -0.3 is 4.98 Å². The molecule has 0 aliphatic rings. The van der Waals surface area contributed by atoms with Crippen LogP contribution in [-0.4, -0.2) is 10.8 Å². The first kappa shape index (κ1) is 15.2. The SMILES string of the molecule is O=C(c1ccccc1)c1c(/C=C/c2ccccc2)[nH]c2ccccc12. The summed E-state index contributed by atoms with van der Waals surface area (Å²) in [6, 6.07) is 27.4. The Hall–Kier alpha value is -3.39. The van der Waals surface area contributed by atoms with Gasteiger partial charge in [0, 0.05) is 16.5 Å². The molecule has 4 rings (SSSR count). The van der Waals surface area contributed by atoms with Crippen LogP contribution in [0.1, 0.15) is 27.2 Å². The molecule has 1 N–H and O–H groups in total. The molecule has 2 nitrogen and oxygen atoms in total. The molecule has 1 heterocycles. The highest BCUT2D eigenvalue weighted by Crippen LogP contribution is 2.26. The Balaban J connectivity index is 1.84. The lowest BCUT2D eigenvalue weighted by Crippen LogP contribution is -2.02. The largest absolute Gasteiger partial charge is 0.354 e. The fourth-order valence-corrected chi connectivity index (χ4v) is 3.01. The molecule has 120 valence electrons. The normalized spacial score (nSPS) is 11.2. The topological polar surface area (TPSA) is 32.9 Å². The van der Waals surface area contributed by atoms with Gasteiger partial charge in [0.1, 0.15) is 0 Å². The monoisotopic (exact) mass is 323 g/mol. The number of nitrogens with one attached hydrogen (secondary N) is 1. The second kappa shape index (κ2) is 6.62. The summed E-state index contributed by atoms with van der Waals surface area (Å²) in [5, 5.41) is 0.948. The third-order valence-corrected chi connectivity index (χ3v) is 4.24. The molecule has 0 radical (unpaired) electrons. The molecule has 0 saturated carbocycles. The molecule has 0 atom stereocenters. The average molecular weight is 323 g/mol. The van der Waals surface area contributed by atoms with Gasteiger partial charge in [-0.05, 0) is 17.7 Å². The van der Waals surface area contributed by atoms with Gasteiger partial charge in [0.05, 0.1) is 11.3 Å². The van der Waals surface area contributed by atoms with Crippen LogP contribution in [0.25, 0.3) is 23.1 Å². The van der Waals surface area contributed by atoms with Gasteiger partial charge in [0.15, 0.2) is 5.78 Å². The lowest BCUT2D eigenvalue weighted by Gasteiger charge is -2.02. The van der Waals surface area contributed by atoms with Crippen molar-refractivity contribution in [2.45, 2.75) is 0 Å². The number of benzene rings is 3. The minimum absolute atomic E-state index is 0.0331. The van der Waals surface area contributed by atoms with Crippen molar-refractivity contribution in [3.8, 4) is 0 Å². The number of ketones is 1. The molecule has 0 spiro atoms. The van der Waals surface area contributed by atoms with E-state index in [1.54, 1.807) is 0 Å². The van der Waals surface area contributed by atoms with E-state index in [1.165, 1.54) is 0 Å². The Labute approximate surface area is 146 Å². The Morgan fingerprint density at radius 3 is 2.12 bits per heavy atom. The van der Waals surface area contributed by atoms with E-state index in [0.717, 1.165) is 22.2 Å². The van der Waals surface area contributed by atoms with Crippen molar-refractivity contribution >= 4 is 28.8 Å². The number of aromatic nitrogens is 1. The van der Waals surface area contributed by atoms with Crippen LogP contribution in [0.2, 0.25) is 0 Å². The lowest BCUT2D eigenvalue weighted by molar-refractivity contribution is 0.104. The first-order chi connectivity index (χ1) is 12.3. The number of hydrogen-bond donors (Lipinski definition) is 1. The summed E-state index contributed by atoms with van der Waals surface area (Å²) in [6.07, 6.45) is 4.00. The zero-order valence-electron chi connectivity index (χ0n) is 13.6. The minimum atomic E-state index is 0.0331. The number of aromatic amines is 1. The molecule has 0 aliphatic heterocycles. The second-order valence-corrected chi connectivity index (χ2v) is 5.90. The Kier molecular flexibility index (Phi) is 4.01. The molecule has 25 heavy (non-hydrogen) atoms. The quantitative estimate of drug-likeness (QED) is 0.489. The summed E-state index contributed by atoms with van der Waals surface area (Å²) >= 11 is 0. The van der Waals surface area contributed by atoms with Crippen LogP contribution in [-0.2, 0) is 0 Å². The maximum absolute atomic E-state index is 13.1. The number of carbonyl (C=O) groups is 1. The van der Waals surface area contributed by atoms with Crippen molar-refractivity contribution in [2.75, 3.05) is 0 Å². The zero-order chi connectivity index (χ0) is 17.1. The smallest absolute Gasteiger partial charge is 0.195 e. The van der Waals surface area contributed by atoms with Crippen molar-refractivity contribution in [3.05, 3.63) is 107 Å². The zero-order valence-corrected chi connectivity index (χ0v) is 13.6. The van der Waals surface area contributed by atoms with Crippen molar-refractivity contribution in [3.63, 3.8) is 0 Å². The van der Waals surface area contributed by atoms with E-state index >= 15 is 0 Å². The number of H-pyrrole nitrogens is 1. The number of fused-ring (bicyclic) bond motifs is 1. The first-order valence-corrected chi connectivity index (χ1v) is 8.26. The van der Waals surface area contributed by atoms with Crippen molar-refractivity contribution < 1.29 is 4.79 Å². The average Bonchev–Trinajstić information content (AvgIpc) is 3.05. The number of rotatable bonds is 4. The van der Waals surface area contributed by atoms with Gasteiger partial charge in [-0.3, -0.25) is 4.79 Å². The van der Waals surface area contributed by atoms with Gasteiger partial charge in [0.25, 0.3) is 0 Å². The predicted octanol–water partition coefficient (Wildman–Crippen LogP) is 5.57. The molecule has 2 heteroatoms. The van der Waals surface area contributed by atoms with Crippen LogP contribution in [0.5, 0.6) is 0 Å². The summed E-state index contributed by atoms with van der Waals surface area (Å²) in [7, 11) is 0. The van der Waals surface area contributed by atoms with Crippen LogP contribution in [0.15, 0.2) is 84.9 Å². The lowest BCUT2D eigenvalue weighted by atomic mass is 9.99. The van der Waals surface area contributed by atoms with E-state index in [9.17, 15) is 4.79 Å². The van der Waals surface area contributed by atoms with Gasteiger partial charge in [-0.1, -0.05) is 84.9 Å². The first-order valence-electron chi connectivity index (χ1n) is 8.26. The molecule has 0 unspecified atom stereocenters. The van der Waals surface area contributed by atoms with Crippen LogP contribution < -0.4 is 0 Å². The molecular weight excluding hydrogens is 306 g/mol. The fourth-order valence-electron chi connectivity index (χ4n) is 3.01. The number of para-hydroxylation sites is 1. The summed E-state index contributed by atoms with van der Waals surface area (Å²) < 4.78 is 0. The van der Waals surface area contributed by atoms with Crippen LogP contribution in [0.3, 0.4) is 0 Å². The highest BCUT2D eigenvalue weighted by Gasteiger charge is 2.18. The maximum atomic E-state index is 13.1. The third kappa shape index (κ3) is 3.02. The molecule has 0 bridgehead atoms. The Bertz CT molecular complexity index is 1040. The van der Waals surface area contributed by atoms with Gasteiger partial charge in [-0.2, -0.15) is 0 Å².